The number of hydrogen-bond acceptors (Lipinski definition) is 4. The second kappa shape index (κ2) is 8.29. The van der Waals surface area contributed by atoms with Gasteiger partial charge in [0.1, 0.15) is 5.52 Å². The van der Waals surface area contributed by atoms with Crippen molar-refractivity contribution in [1.82, 2.24) is 9.88 Å². The molecule has 0 radical (unpaired) electrons. The Labute approximate surface area is 182 Å². The summed E-state index contributed by atoms with van der Waals surface area (Å²) in [5, 5.41) is 0. The lowest BCUT2D eigenvalue weighted by Crippen LogP contribution is -2.18. The van der Waals surface area contributed by atoms with Crippen molar-refractivity contribution in [3.63, 3.8) is 0 Å². The molecular formula is C26H26N2OS. The van der Waals surface area contributed by atoms with Gasteiger partial charge in [-0.25, -0.2) is 4.98 Å². The standard InChI is InChI=1S/C26H26N2OS/c1-18-21(19-9-4-3-5-10-19)11-8-12-22(18)26-27-23-15-20(17-28-13-6-7-14-28)25(30-2)16-24(23)29-26/h3-5,8-12,15-16H,6-7,13-14,17H2,1-2H3. The highest BCUT2D eigenvalue weighted by atomic mass is 32.2. The van der Waals surface area contributed by atoms with Crippen LogP contribution in [0.15, 0.2) is 70.0 Å². The molecule has 152 valence electrons. The Morgan fingerprint density at radius 2 is 1.73 bits per heavy atom. The number of benzene rings is 3. The zero-order chi connectivity index (χ0) is 20.5. The van der Waals surface area contributed by atoms with Crippen LogP contribution in [0.2, 0.25) is 0 Å². The largest absolute Gasteiger partial charge is 0.436 e. The Morgan fingerprint density at radius 1 is 0.967 bits per heavy atom. The first kappa shape index (κ1) is 19.4. The molecule has 1 aliphatic rings. The summed E-state index contributed by atoms with van der Waals surface area (Å²) in [4.78, 5) is 8.72. The highest BCUT2D eigenvalue weighted by molar-refractivity contribution is 7.98. The molecule has 4 aromatic rings. The van der Waals surface area contributed by atoms with Gasteiger partial charge in [0.15, 0.2) is 5.58 Å². The quantitative estimate of drug-likeness (QED) is 0.336. The Balaban J connectivity index is 1.55. The Bertz CT molecular complexity index is 1180. The van der Waals surface area contributed by atoms with Crippen molar-refractivity contribution in [1.29, 1.82) is 0 Å². The molecule has 1 fully saturated rings. The van der Waals surface area contributed by atoms with Crippen LogP contribution in [0, 0.1) is 6.92 Å². The fourth-order valence-electron chi connectivity index (χ4n) is 4.41. The van der Waals surface area contributed by atoms with Gasteiger partial charge >= 0.3 is 0 Å². The van der Waals surface area contributed by atoms with Crippen LogP contribution in [0.1, 0.15) is 24.0 Å². The molecule has 0 bridgehead atoms. The predicted molar refractivity (Wildman–Crippen MR) is 126 cm³/mol. The third-order valence-corrected chi connectivity index (χ3v) is 6.85. The maximum Gasteiger partial charge on any atom is 0.227 e. The Morgan fingerprint density at radius 3 is 2.50 bits per heavy atom. The van der Waals surface area contributed by atoms with E-state index in [1.165, 1.54) is 53.1 Å². The molecule has 0 N–H and O–H groups in total. The van der Waals surface area contributed by atoms with Crippen molar-refractivity contribution in [2.45, 2.75) is 31.2 Å². The minimum absolute atomic E-state index is 0.700. The second-order valence-corrected chi connectivity index (χ2v) is 8.83. The van der Waals surface area contributed by atoms with E-state index in [-0.39, 0.29) is 0 Å². The van der Waals surface area contributed by atoms with Gasteiger partial charge in [-0.3, -0.25) is 4.90 Å². The van der Waals surface area contributed by atoms with E-state index in [2.05, 4.69) is 72.7 Å². The van der Waals surface area contributed by atoms with E-state index in [0.29, 0.717) is 5.89 Å². The smallest absolute Gasteiger partial charge is 0.227 e. The van der Waals surface area contributed by atoms with Gasteiger partial charge in [-0.2, -0.15) is 0 Å². The van der Waals surface area contributed by atoms with E-state index in [0.717, 1.165) is 23.2 Å². The molecule has 3 aromatic carbocycles. The zero-order valence-corrected chi connectivity index (χ0v) is 18.3. The van der Waals surface area contributed by atoms with Crippen LogP contribution >= 0.6 is 11.8 Å². The Kier molecular flexibility index (Phi) is 5.36. The fraction of sp³-hybridized carbons (Fsp3) is 0.269. The molecule has 1 saturated heterocycles. The van der Waals surface area contributed by atoms with Gasteiger partial charge in [-0.05, 0) is 79.6 Å². The van der Waals surface area contributed by atoms with Crippen LogP contribution in [-0.4, -0.2) is 29.2 Å². The van der Waals surface area contributed by atoms with Gasteiger partial charge in [0.05, 0.1) is 0 Å². The lowest BCUT2D eigenvalue weighted by Gasteiger charge is -2.16. The van der Waals surface area contributed by atoms with Crippen LogP contribution in [-0.2, 0) is 6.54 Å². The molecular weight excluding hydrogens is 388 g/mol. The summed E-state index contributed by atoms with van der Waals surface area (Å²) >= 11 is 1.79. The molecule has 0 aliphatic carbocycles. The summed E-state index contributed by atoms with van der Waals surface area (Å²) in [6.07, 6.45) is 4.75. The minimum atomic E-state index is 0.700. The van der Waals surface area contributed by atoms with E-state index in [1.54, 1.807) is 11.8 Å². The molecule has 0 atom stereocenters. The third kappa shape index (κ3) is 3.66. The van der Waals surface area contributed by atoms with Gasteiger partial charge in [0.2, 0.25) is 5.89 Å². The summed E-state index contributed by atoms with van der Waals surface area (Å²) in [5.41, 5.74) is 7.84. The normalized spacial score (nSPS) is 14.6. The first-order chi connectivity index (χ1) is 14.7. The van der Waals surface area contributed by atoms with Crippen molar-refractivity contribution < 1.29 is 4.42 Å². The number of rotatable bonds is 5. The van der Waals surface area contributed by atoms with E-state index in [9.17, 15) is 0 Å². The highest BCUT2D eigenvalue weighted by Gasteiger charge is 2.18. The maximum atomic E-state index is 6.26. The van der Waals surface area contributed by atoms with E-state index < -0.39 is 0 Å². The molecule has 0 saturated carbocycles. The summed E-state index contributed by atoms with van der Waals surface area (Å²) < 4.78 is 6.26. The first-order valence-corrected chi connectivity index (χ1v) is 11.8. The molecule has 3 nitrogen and oxygen atoms in total. The summed E-state index contributed by atoms with van der Waals surface area (Å²) in [6, 6.07) is 21.2. The van der Waals surface area contributed by atoms with Gasteiger partial charge in [-0.1, -0.05) is 42.5 Å². The number of aromatic nitrogens is 1. The van der Waals surface area contributed by atoms with Crippen LogP contribution in [0.5, 0.6) is 0 Å². The zero-order valence-electron chi connectivity index (χ0n) is 17.5. The van der Waals surface area contributed by atoms with Crippen LogP contribution in [0.25, 0.3) is 33.7 Å². The molecule has 2 heterocycles. The van der Waals surface area contributed by atoms with Gasteiger partial charge in [-0.15, -0.1) is 11.8 Å². The number of hydrogen-bond donors (Lipinski definition) is 0. The highest BCUT2D eigenvalue weighted by Crippen LogP contribution is 2.35. The van der Waals surface area contributed by atoms with Crippen molar-refractivity contribution in [2.75, 3.05) is 19.3 Å². The molecule has 0 unspecified atom stereocenters. The van der Waals surface area contributed by atoms with E-state index in [4.69, 9.17) is 9.40 Å². The number of thioether (sulfide) groups is 1. The number of oxazole rings is 1. The summed E-state index contributed by atoms with van der Waals surface area (Å²) in [7, 11) is 0. The van der Waals surface area contributed by atoms with E-state index >= 15 is 0 Å². The lowest BCUT2D eigenvalue weighted by atomic mass is 9.96. The molecule has 0 spiro atoms. The average Bonchev–Trinajstić information content (AvgIpc) is 3.43. The molecule has 0 amide bonds. The van der Waals surface area contributed by atoms with Gasteiger partial charge in [0.25, 0.3) is 0 Å². The molecule has 5 rings (SSSR count). The van der Waals surface area contributed by atoms with Gasteiger partial charge in [0, 0.05) is 17.0 Å². The third-order valence-electron chi connectivity index (χ3n) is 6.03. The summed E-state index contributed by atoms with van der Waals surface area (Å²) in [6.45, 7) is 5.54. The average molecular weight is 415 g/mol. The van der Waals surface area contributed by atoms with Crippen LogP contribution < -0.4 is 0 Å². The second-order valence-electron chi connectivity index (χ2n) is 7.98. The molecule has 4 heteroatoms. The monoisotopic (exact) mass is 414 g/mol. The molecule has 1 aliphatic heterocycles. The first-order valence-electron chi connectivity index (χ1n) is 10.6. The van der Waals surface area contributed by atoms with Gasteiger partial charge < -0.3 is 4.42 Å². The van der Waals surface area contributed by atoms with Crippen LogP contribution in [0.4, 0.5) is 0 Å². The van der Waals surface area contributed by atoms with Crippen molar-refractivity contribution in [3.8, 4) is 22.6 Å². The van der Waals surface area contributed by atoms with Crippen molar-refractivity contribution in [3.05, 3.63) is 71.8 Å². The minimum Gasteiger partial charge on any atom is -0.436 e. The fourth-order valence-corrected chi connectivity index (χ4v) is 5.02. The lowest BCUT2D eigenvalue weighted by molar-refractivity contribution is 0.329. The molecule has 1 aromatic heterocycles. The van der Waals surface area contributed by atoms with Crippen molar-refractivity contribution in [2.24, 2.45) is 0 Å². The number of likely N-dealkylation sites (tertiary alicyclic amines) is 1. The molecule has 30 heavy (non-hydrogen) atoms. The SMILES string of the molecule is CSc1cc2oc(-c3cccc(-c4ccccc4)c3C)nc2cc1CN1CCCC1. The van der Waals surface area contributed by atoms with Crippen LogP contribution in [0.3, 0.4) is 0 Å². The maximum absolute atomic E-state index is 6.26. The topological polar surface area (TPSA) is 29.3 Å². The van der Waals surface area contributed by atoms with Crippen molar-refractivity contribution >= 4 is 22.9 Å². The predicted octanol–water partition coefficient (Wildman–Crippen LogP) is 6.79. The number of nitrogens with zero attached hydrogens (tertiary/aromatic N) is 2. The van der Waals surface area contributed by atoms with E-state index in [1.807, 2.05) is 6.07 Å². The summed E-state index contributed by atoms with van der Waals surface area (Å²) in [5.74, 6) is 0.700. The number of fused-ring (bicyclic) bond motifs is 1. The Hall–Kier alpha value is -2.56.